The van der Waals surface area contributed by atoms with Crippen molar-refractivity contribution in [2.75, 3.05) is 0 Å². The molecule has 0 bridgehead atoms. The van der Waals surface area contributed by atoms with Gasteiger partial charge in [-0.15, -0.1) is 0 Å². The molecular formula is C13H22N2O. The Bertz CT molecular complexity index is 341. The monoisotopic (exact) mass is 222 g/mol. The molecule has 16 heavy (non-hydrogen) atoms. The predicted octanol–water partition coefficient (Wildman–Crippen LogP) is 3.01. The van der Waals surface area contributed by atoms with Gasteiger partial charge in [0.25, 0.3) is 0 Å². The molecule has 1 aromatic heterocycles. The van der Waals surface area contributed by atoms with E-state index in [1.807, 2.05) is 16.9 Å². The number of ketones is 1. The lowest BCUT2D eigenvalue weighted by molar-refractivity contribution is -0.119. The van der Waals surface area contributed by atoms with Crippen molar-refractivity contribution in [3.63, 3.8) is 0 Å². The summed E-state index contributed by atoms with van der Waals surface area (Å²) in [6.07, 6.45) is 4.14. The molecule has 0 aliphatic carbocycles. The number of carbonyl (C=O) groups excluding carboxylic acids is 1. The number of rotatable bonds is 6. The van der Waals surface area contributed by atoms with Crippen LogP contribution in [0, 0.1) is 5.92 Å². The Kier molecular flexibility index (Phi) is 4.71. The molecule has 90 valence electrons. The molecule has 0 saturated carbocycles. The molecule has 1 aromatic rings. The lowest BCUT2D eigenvalue weighted by Crippen LogP contribution is -2.09. The molecule has 1 heterocycles. The second kappa shape index (κ2) is 5.83. The van der Waals surface area contributed by atoms with E-state index < -0.39 is 0 Å². The van der Waals surface area contributed by atoms with Crippen molar-refractivity contribution < 1.29 is 4.79 Å². The van der Waals surface area contributed by atoms with Gasteiger partial charge in [-0.25, -0.2) is 0 Å². The molecule has 0 aromatic carbocycles. The van der Waals surface area contributed by atoms with E-state index in [-0.39, 0.29) is 5.78 Å². The first-order chi connectivity index (χ1) is 7.52. The van der Waals surface area contributed by atoms with E-state index in [1.54, 1.807) is 0 Å². The standard InChI is InChI=1S/C13H22N2O/c1-5-11(4)15-7-6-12(14-15)9-13(16)8-10(2)3/h6-7,10-11H,5,8-9H2,1-4H3. The van der Waals surface area contributed by atoms with Crippen molar-refractivity contribution in [2.24, 2.45) is 5.92 Å². The Morgan fingerprint density at radius 1 is 1.44 bits per heavy atom. The fraction of sp³-hybridized carbons (Fsp3) is 0.692. The minimum atomic E-state index is 0.282. The maximum absolute atomic E-state index is 11.6. The topological polar surface area (TPSA) is 34.9 Å². The van der Waals surface area contributed by atoms with Gasteiger partial charge >= 0.3 is 0 Å². The average Bonchev–Trinajstić information content (AvgIpc) is 2.63. The largest absolute Gasteiger partial charge is 0.299 e. The number of hydrogen-bond acceptors (Lipinski definition) is 2. The second-order valence-corrected chi connectivity index (χ2v) is 4.86. The maximum atomic E-state index is 11.6. The van der Waals surface area contributed by atoms with Gasteiger partial charge in [0.1, 0.15) is 5.78 Å². The van der Waals surface area contributed by atoms with Crippen LogP contribution >= 0.6 is 0 Å². The summed E-state index contributed by atoms with van der Waals surface area (Å²) in [7, 11) is 0. The Morgan fingerprint density at radius 3 is 2.69 bits per heavy atom. The summed E-state index contributed by atoms with van der Waals surface area (Å²) in [6, 6.07) is 2.36. The first-order valence-electron chi connectivity index (χ1n) is 6.08. The zero-order chi connectivity index (χ0) is 12.1. The van der Waals surface area contributed by atoms with E-state index in [2.05, 4.69) is 32.8 Å². The average molecular weight is 222 g/mol. The third-order valence-corrected chi connectivity index (χ3v) is 2.72. The summed E-state index contributed by atoms with van der Waals surface area (Å²) >= 11 is 0. The van der Waals surface area contributed by atoms with Gasteiger partial charge in [-0.1, -0.05) is 20.8 Å². The Balaban J connectivity index is 2.55. The van der Waals surface area contributed by atoms with Gasteiger partial charge < -0.3 is 0 Å². The van der Waals surface area contributed by atoms with Crippen molar-refractivity contribution in [1.82, 2.24) is 9.78 Å². The van der Waals surface area contributed by atoms with Gasteiger partial charge in [-0.2, -0.15) is 5.10 Å². The third kappa shape index (κ3) is 3.80. The van der Waals surface area contributed by atoms with E-state index in [1.165, 1.54) is 0 Å². The summed E-state index contributed by atoms with van der Waals surface area (Å²) in [6.45, 7) is 8.40. The summed E-state index contributed by atoms with van der Waals surface area (Å²) in [5, 5.41) is 4.42. The second-order valence-electron chi connectivity index (χ2n) is 4.86. The number of carbonyl (C=O) groups is 1. The number of nitrogens with zero attached hydrogens (tertiary/aromatic N) is 2. The summed E-state index contributed by atoms with van der Waals surface area (Å²) in [5.41, 5.74) is 0.894. The molecule has 1 atom stereocenters. The van der Waals surface area contributed by atoms with E-state index >= 15 is 0 Å². The van der Waals surface area contributed by atoms with Crippen LogP contribution in [0.15, 0.2) is 12.3 Å². The molecule has 3 heteroatoms. The van der Waals surface area contributed by atoms with Crippen LogP contribution in [-0.2, 0) is 11.2 Å². The molecule has 0 fully saturated rings. The molecule has 3 nitrogen and oxygen atoms in total. The highest BCUT2D eigenvalue weighted by molar-refractivity contribution is 5.80. The molecule has 0 aliphatic rings. The van der Waals surface area contributed by atoms with Gasteiger partial charge in [0.05, 0.1) is 12.1 Å². The lowest BCUT2D eigenvalue weighted by Gasteiger charge is -2.08. The van der Waals surface area contributed by atoms with Crippen molar-refractivity contribution in [1.29, 1.82) is 0 Å². The number of Topliss-reactive ketones (excluding diaryl/α,β-unsaturated/α-hetero) is 1. The van der Waals surface area contributed by atoms with Gasteiger partial charge in [0.2, 0.25) is 0 Å². The molecule has 0 amide bonds. The highest BCUT2D eigenvalue weighted by atomic mass is 16.1. The molecule has 0 aliphatic heterocycles. The Labute approximate surface area is 97.8 Å². The SMILES string of the molecule is CCC(C)n1ccc(CC(=O)CC(C)C)n1. The van der Waals surface area contributed by atoms with Crippen LogP contribution in [0.3, 0.4) is 0 Å². The molecule has 1 rings (SSSR count). The Hall–Kier alpha value is -1.12. The fourth-order valence-corrected chi connectivity index (χ4v) is 1.63. The van der Waals surface area contributed by atoms with Crippen LogP contribution in [0.1, 0.15) is 52.3 Å². The smallest absolute Gasteiger partial charge is 0.139 e. The Morgan fingerprint density at radius 2 is 2.12 bits per heavy atom. The molecular weight excluding hydrogens is 200 g/mol. The van der Waals surface area contributed by atoms with Gasteiger partial charge in [-0.3, -0.25) is 9.48 Å². The quantitative estimate of drug-likeness (QED) is 0.741. The van der Waals surface area contributed by atoms with Crippen LogP contribution in [0.5, 0.6) is 0 Å². The summed E-state index contributed by atoms with van der Waals surface area (Å²) in [5.74, 6) is 0.716. The van der Waals surface area contributed by atoms with Crippen molar-refractivity contribution in [2.45, 2.75) is 53.0 Å². The summed E-state index contributed by atoms with van der Waals surface area (Å²) < 4.78 is 1.94. The first-order valence-corrected chi connectivity index (χ1v) is 6.08. The maximum Gasteiger partial charge on any atom is 0.139 e. The van der Waals surface area contributed by atoms with Crippen LogP contribution < -0.4 is 0 Å². The minimum Gasteiger partial charge on any atom is -0.299 e. The van der Waals surface area contributed by atoms with E-state index in [4.69, 9.17) is 0 Å². The molecule has 0 spiro atoms. The van der Waals surface area contributed by atoms with Crippen molar-refractivity contribution >= 4 is 5.78 Å². The molecule has 0 radical (unpaired) electrons. The molecule has 0 saturated heterocycles. The fourth-order valence-electron chi connectivity index (χ4n) is 1.63. The highest BCUT2D eigenvalue weighted by Gasteiger charge is 2.10. The minimum absolute atomic E-state index is 0.282. The zero-order valence-electron chi connectivity index (χ0n) is 10.7. The number of aromatic nitrogens is 2. The molecule has 0 N–H and O–H groups in total. The van der Waals surface area contributed by atoms with Crippen molar-refractivity contribution in [3.8, 4) is 0 Å². The van der Waals surface area contributed by atoms with Crippen LogP contribution in [0.2, 0.25) is 0 Å². The first kappa shape index (κ1) is 12.9. The van der Waals surface area contributed by atoms with E-state index in [0.29, 0.717) is 24.8 Å². The lowest BCUT2D eigenvalue weighted by atomic mass is 10.0. The summed E-state index contributed by atoms with van der Waals surface area (Å²) in [4.78, 5) is 11.6. The van der Waals surface area contributed by atoms with Gasteiger partial charge in [0.15, 0.2) is 0 Å². The van der Waals surface area contributed by atoms with E-state index in [0.717, 1.165) is 12.1 Å². The van der Waals surface area contributed by atoms with Gasteiger partial charge in [0, 0.05) is 18.7 Å². The predicted molar refractivity (Wildman–Crippen MR) is 65.4 cm³/mol. The number of hydrogen-bond donors (Lipinski definition) is 0. The van der Waals surface area contributed by atoms with E-state index in [9.17, 15) is 4.79 Å². The zero-order valence-corrected chi connectivity index (χ0v) is 10.7. The van der Waals surface area contributed by atoms with Gasteiger partial charge in [-0.05, 0) is 25.3 Å². The highest BCUT2D eigenvalue weighted by Crippen LogP contribution is 2.10. The normalized spacial score (nSPS) is 13.1. The van der Waals surface area contributed by atoms with Crippen LogP contribution in [0.4, 0.5) is 0 Å². The molecule has 1 unspecified atom stereocenters. The van der Waals surface area contributed by atoms with Crippen molar-refractivity contribution in [3.05, 3.63) is 18.0 Å². The third-order valence-electron chi connectivity index (χ3n) is 2.72. The van der Waals surface area contributed by atoms with Crippen LogP contribution in [-0.4, -0.2) is 15.6 Å². The van der Waals surface area contributed by atoms with Crippen LogP contribution in [0.25, 0.3) is 0 Å².